The molecule has 0 fully saturated rings. The van der Waals surface area contributed by atoms with Gasteiger partial charge in [-0.3, -0.25) is 0 Å². The van der Waals surface area contributed by atoms with Crippen LogP contribution in [0.15, 0.2) is 67.1 Å². The Morgan fingerprint density at radius 3 is 2.71 bits per heavy atom. The van der Waals surface area contributed by atoms with E-state index in [1.807, 2.05) is 36.4 Å². The summed E-state index contributed by atoms with van der Waals surface area (Å²) < 4.78 is 31.4. The third-order valence-electron chi connectivity index (χ3n) is 4.10. The first-order chi connectivity index (χ1) is 13.7. The lowest BCUT2D eigenvalue weighted by Crippen LogP contribution is -2.07. The van der Waals surface area contributed by atoms with Gasteiger partial charge in [-0.15, -0.1) is 0 Å². The van der Waals surface area contributed by atoms with Crippen molar-refractivity contribution < 1.29 is 13.5 Å². The summed E-state index contributed by atoms with van der Waals surface area (Å²) in [5, 5.41) is 8.46. The molecule has 4 rings (SSSR count). The number of hydrogen-bond acceptors (Lipinski definition) is 5. The van der Waals surface area contributed by atoms with Crippen LogP contribution in [0, 0.1) is 0 Å². The molecule has 2 aromatic heterocycles. The van der Waals surface area contributed by atoms with Crippen molar-refractivity contribution in [3.63, 3.8) is 0 Å². The maximum atomic E-state index is 12.3. The van der Waals surface area contributed by atoms with Gasteiger partial charge in [0, 0.05) is 6.54 Å². The monoisotopic (exact) mass is 381 g/mol. The molecule has 28 heavy (non-hydrogen) atoms. The van der Waals surface area contributed by atoms with E-state index in [2.05, 4.69) is 20.4 Å². The molecule has 0 aliphatic carbocycles. The number of halogens is 2. The van der Waals surface area contributed by atoms with Gasteiger partial charge >= 0.3 is 0 Å². The highest BCUT2D eigenvalue weighted by molar-refractivity contribution is 5.87. The molecule has 0 unspecified atom stereocenters. The summed E-state index contributed by atoms with van der Waals surface area (Å²) in [6.45, 7) is -0.170. The van der Waals surface area contributed by atoms with Crippen LogP contribution < -0.4 is 10.1 Å². The molecule has 0 radical (unpaired) electrons. The van der Waals surface area contributed by atoms with E-state index < -0.39 is 13.0 Å². The fourth-order valence-corrected chi connectivity index (χ4v) is 2.83. The summed E-state index contributed by atoms with van der Waals surface area (Å²) in [5.74, 6) is 1.05. The summed E-state index contributed by atoms with van der Waals surface area (Å²) in [7, 11) is 0. The molecule has 0 saturated heterocycles. The first-order valence-corrected chi connectivity index (χ1v) is 8.68. The quantitative estimate of drug-likeness (QED) is 0.523. The number of aromatic nitrogens is 4. The minimum absolute atomic E-state index is 0.407. The van der Waals surface area contributed by atoms with Gasteiger partial charge in [-0.1, -0.05) is 30.3 Å². The highest BCUT2D eigenvalue weighted by Crippen LogP contribution is 2.22. The molecule has 6 nitrogen and oxygen atoms in total. The van der Waals surface area contributed by atoms with Crippen LogP contribution in [-0.4, -0.2) is 32.8 Å². The number of nitrogens with zero attached hydrogens (tertiary/aromatic N) is 4. The van der Waals surface area contributed by atoms with Crippen molar-refractivity contribution in [2.75, 3.05) is 11.9 Å². The molecule has 0 amide bonds. The number of alkyl halides is 2. The molecule has 0 spiro atoms. The molecule has 0 saturated carbocycles. The molecular formula is C20H17F2N5O. The SMILES string of the molecule is FC(F)COc1cccc(CNc2ncnc3c2cnn3-c2ccccc2)c1. The van der Waals surface area contributed by atoms with E-state index in [-0.39, 0.29) is 0 Å². The van der Waals surface area contributed by atoms with Crippen LogP contribution in [0.2, 0.25) is 0 Å². The second kappa shape index (κ2) is 7.99. The molecule has 0 atom stereocenters. The highest BCUT2D eigenvalue weighted by atomic mass is 19.3. The van der Waals surface area contributed by atoms with E-state index in [1.165, 1.54) is 6.33 Å². The lowest BCUT2D eigenvalue weighted by atomic mass is 10.2. The number of hydrogen-bond donors (Lipinski definition) is 1. The van der Waals surface area contributed by atoms with Gasteiger partial charge in [0.25, 0.3) is 6.43 Å². The number of ether oxygens (including phenoxy) is 1. The Balaban J connectivity index is 1.53. The van der Waals surface area contributed by atoms with Crippen LogP contribution in [0.3, 0.4) is 0 Å². The molecule has 4 aromatic rings. The van der Waals surface area contributed by atoms with E-state index in [1.54, 1.807) is 29.1 Å². The van der Waals surface area contributed by atoms with Crippen molar-refractivity contribution in [3.05, 3.63) is 72.7 Å². The summed E-state index contributed by atoms with van der Waals surface area (Å²) in [6, 6.07) is 16.7. The Hall–Kier alpha value is -3.55. The van der Waals surface area contributed by atoms with Gasteiger partial charge in [-0.25, -0.2) is 23.4 Å². The molecule has 0 aliphatic heterocycles. The maximum absolute atomic E-state index is 12.3. The number of nitrogens with one attached hydrogen (secondary N) is 1. The standard InChI is InChI=1S/C20H17F2N5O/c21-18(22)12-28-16-8-4-5-14(9-16)10-23-19-17-11-26-27(20(17)25-13-24-19)15-6-2-1-3-7-15/h1-9,11,13,18H,10,12H2,(H,23,24,25). The number of rotatable bonds is 7. The van der Waals surface area contributed by atoms with Gasteiger partial charge in [-0.2, -0.15) is 5.10 Å². The van der Waals surface area contributed by atoms with E-state index in [0.29, 0.717) is 23.8 Å². The summed E-state index contributed by atoms with van der Waals surface area (Å²) in [5.41, 5.74) is 2.48. The average Bonchev–Trinajstić information content (AvgIpc) is 3.16. The third kappa shape index (κ3) is 3.90. The van der Waals surface area contributed by atoms with Crippen LogP contribution in [0.4, 0.5) is 14.6 Å². The normalized spacial score (nSPS) is 11.1. The number of anilines is 1. The van der Waals surface area contributed by atoms with Crippen molar-refractivity contribution in [2.45, 2.75) is 13.0 Å². The Labute approximate surface area is 159 Å². The number of para-hydroxylation sites is 1. The van der Waals surface area contributed by atoms with E-state index in [9.17, 15) is 8.78 Å². The number of benzene rings is 2. The smallest absolute Gasteiger partial charge is 0.272 e. The molecule has 2 aromatic carbocycles. The van der Waals surface area contributed by atoms with Crippen LogP contribution in [0.1, 0.15) is 5.56 Å². The fraction of sp³-hybridized carbons (Fsp3) is 0.150. The molecule has 142 valence electrons. The molecule has 2 heterocycles. The van der Waals surface area contributed by atoms with E-state index in [4.69, 9.17) is 4.74 Å². The van der Waals surface area contributed by atoms with E-state index in [0.717, 1.165) is 16.6 Å². The zero-order valence-electron chi connectivity index (χ0n) is 14.8. The summed E-state index contributed by atoms with van der Waals surface area (Å²) in [4.78, 5) is 8.65. The van der Waals surface area contributed by atoms with Crippen LogP contribution in [0.5, 0.6) is 5.75 Å². The highest BCUT2D eigenvalue weighted by Gasteiger charge is 2.11. The second-order valence-electron chi connectivity index (χ2n) is 6.05. The fourth-order valence-electron chi connectivity index (χ4n) is 2.83. The van der Waals surface area contributed by atoms with Gasteiger partial charge in [0.15, 0.2) is 5.65 Å². The first-order valence-electron chi connectivity index (χ1n) is 8.68. The number of fused-ring (bicyclic) bond motifs is 1. The Kier molecular flexibility index (Phi) is 5.09. The van der Waals surface area contributed by atoms with Crippen molar-refractivity contribution in [2.24, 2.45) is 0 Å². The van der Waals surface area contributed by atoms with Crippen LogP contribution >= 0.6 is 0 Å². The topological polar surface area (TPSA) is 64.9 Å². The van der Waals surface area contributed by atoms with Gasteiger partial charge in [0.1, 0.15) is 24.5 Å². The first kappa shape index (κ1) is 17.8. The average molecular weight is 381 g/mol. The van der Waals surface area contributed by atoms with Crippen molar-refractivity contribution in [1.82, 2.24) is 19.7 Å². The van der Waals surface area contributed by atoms with Crippen molar-refractivity contribution in [3.8, 4) is 11.4 Å². The Bertz CT molecular complexity index is 1070. The Morgan fingerprint density at radius 2 is 1.89 bits per heavy atom. The molecule has 0 aliphatic rings. The van der Waals surface area contributed by atoms with E-state index >= 15 is 0 Å². The zero-order valence-corrected chi connectivity index (χ0v) is 14.8. The van der Waals surface area contributed by atoms with Gasteiger partial charge in [0.05, 0.1) is 17.3 Å². The van der Waals surface area contributed by atoms with Gasteiger partial charge < -0.3 is 10.1 Å². The van der Waals surface area contributed by atoms with Gasteiger partial charge in [0.2, 0.25) is 0 Å². The van der Waals surface area contributed by atoms with Crippen molar-refractivity contribution >= 4 is 16.9 Å². The van der Waals surface area contributed by atoms with Crippen LogP contribution in [0.25, 0.3) is 16.7 Å². The van der Waals surface area contributed by atoms with Crippen LogP contribution in [-0.2, 0) is 6.54 Å². The Morgan fingerprint density at radius 1 is 1.04 bits per heavy atom. The predicted octanol–water partition coefficient (Wildman–Crippen LogP) is 4.07. The second-order valence-corrected chi connectivity index (χ2v) is 6.05. The molecular weight excluding hydrogens is 364 g/mol. The van der Waals surface area contributed by atoms with Gasteiger partial charge in [-0.05, 0) is 29.8 Å². The summed E-state index contributed by atoms with van der Waals surface area (Å²) in [6.07, 6.45) is 0.693. The minimum atomic E-state index is -2.50. The maximum Gasteiger partial charge on any atom is 0.272 e. The molecule has 0 bridgehead atoms. The minimum Gasteiger partial charge on any atom is -0.488 e. The lowest BCUT2D eigenvalue weighted by molar-refractivity contribution is 0.0818. The van der Waals surface area contributed by atoms with Crippen molar-refractivity contribution in [1.29, 1.82) is 0 Å². The molecule has 1 N–H and O–H groups in total. The molecule has 8 heteroatoms. The predicted molar refractivity (Wildman–Crippen MR) is 102 cm³/mol. The zero-order chi connectivity index (χ0) is 19.3. The third-order valence-corrected chi connectivity index (χ3v) is 4.10. The lowest BCUT2D eigenvalue weighted by Gasteiger charge is -2.09. The summed E-state index contributed by atoms with van der Waals surface area (Å²) >= 11 is 0. The largest absolute Gasteiger partial charge is 0.488 e.